The van der Waals surface area contributed by atoms with E-state index in [0.29, 0.717) is 23.9 Å². The lowest BCUT2D eigenvalue weighted by atomic mass is 10.0. The second-order valence-electron chi connectivity index (χ2n) is 13.3. The first kappa shape index (κ1) is 43.0. The molecule has 44 heavy (non-hydrogen) atoms. The Morgan fingerprint density at radius 2 is 1.02 bits per heavy atom. The van der Waals surface area contributed by atoms with Crippen LogP contribution < -0.4 is 0 Å². The maximum atomic E-state index is 12.4. The molecule has 0 rings (SSSR count). The van der Waals surface area contributed by atoms with Crippen LogP contribution in [0, 0.1) is 0 Å². The van der Waals surface area contributed by atoms with Gasteiger partial charge in [0.05, 0.1) is 27.7 Å². The summed E-state index contributed by atoms with van der Waals surface area (Å²) >= 11 is 0. The van der Waals surface area contributed by atoms with E-state index in [1.165, 1.54) is 77.0 Å². The van der Waals surface area contributed by atoms with Gasteiger partial charge in [-0.05, 0) is 12.8 Å². The van der Waals surface area contributed by atoms with Crippen molar-refractivity contribution in [2.45, 2.75) is 161 Å². The van der Waals surface area contributed by atoms with Crippen LogP contribution in [0.4, 0.5) is 0 Å². The minimum Gasteiger partial charge on any atom is -0.462 e. The Morgan fingerprint density at radius 3 is 1.45 bits per heavy atom. The lowest BCUT2D eigenvalue weighted by Gasteiger charge is -2.24. The first-order valence-corrected chi connectivity index (χ1v) is 19.3. The van der Waals surface area contributed by atoms with Gasteiger partial charge in [-0.3, -0.25) is 18.6 Å². The second-order valence-corrected chi connectivity index (χ2v) is 14.7. The van der Waals surface area contributed by atoms with Crippen molar-refractivity contribution in [1.82, 2.24) is 0 Å². The SMILES string of the molecule is CCCCCCCCCCCCCCCCC(=O)OC[C@H](COP(=O)(O)OCC[N+](C)(C)C)OC(=O)CCCCCCCC. The summed E-state index contributed by atoms with van der Waals surface area (Å²) < 4.78 is 33.9. The van der Waals surface area contributed by atoms with Crippen LogP contribution in [0.15, 0.2) is 0 Å². The van der Waals surface area contributed by atoms with Crippen LogP contribution in [0.1, 0.15) is 155 Å². The highest BCUT2D eigenvalue weighted by Crippen LogP contribution is 2.43. The van der Waals surface area contributed by atoms with Gasteiger partial charge < -0.3 is 18.9 Å². The fourth-order valence-electron chi connectivity index (χ4n) is 4.78. The quantitative estimate of drug-likeness (QED) is 0.0333. The average Bonchev–Trinajstić information content (AvgIpc) is 2.95. The number of carbonyl (C=O) groups excluding carboxylic acids is 2. The smallest absolute Gasteiger partial charge is 0.462 e. The number of esters is 2. The van der Waals surface area contributed by atoms with Gasteiger partial charge in [0.2, 0.25) is 0 Å². The van der Waals surface area contributed by atoms with Gasteiger partial charge in [0.15, 0.2) is 6.10 Å². The summed E-state index contributed by atoms with van der Waals surface area (Å²) in [6.07, 6.45) is 23.2. The third-order valence-corrected chi connectivity index (χ3v) is 8.62. The van der Waals surface area contributed by atoms with Crippen LogP contribution in [0.5, 0.6) is 0 Å². The fourth-order valence-corrected chi connectivity index (χ4v) is 5.52. The molecule has 1 unspecified atom stereocenters. The van der Waals surface area contributed by atoms with E-state index in [4.69, 9.17) is 18.5 Å². The van der Waals surface area contributed by atoms with Gasteiger partial charge in [-0.1, -0.05) is 129 Å². The Hall–Kier alpha value is -0.990. The first-order valence-electron chi connectivity index (χ1n) is 17.8. The molecule has 0 amide bonds. The Morgan fingerprint density at radius 1 is 0.614 bits per heavy atom. The molecular weight excluding hydrogens is 581 g/mol. The molecule has 0 saturated heterocycles. The number of hydrogen-bond donors (Lipinski definition) is 1. The topological polar surface area (TPSA) is 108 Å². The van der Waals surface area contributed by atoms with Crippen molar-refractivity contribution in [2.24, 2.45) is 0 Å². The van der Waals surface area contributed by atoms with Gasteiger partial charge in [0, 0.05) is 12.8 Å². The maximum Gasteiger partial charge on any atom is 0.472 e. The number of carbonyl (C=O) groups is 2. The summed E-state index contributed by atoms with van der Waals surface area (Å²) in [7, 11) is 1.48. The molecule has 0 aromatic rings. The molecule has 0 aromatic heterocycles. The molecule has 0 aliphatic heterocycles. The van der Waals surface area contributed by atoms with Crippen LogP contribution in [0.25, 0.3) is 0 Å². The number of phosphoric acid groups is 1. The number of quaternary nitrogens is 1. The molecule has 0 aromatic carbocycles. The van der Waals surface area contributed by atoms with Crippen LogP contribution in [-0.4, -0.2) is 74.9 Å². The van der Waals surface area contributed by atoms with Gasteiger partial charge in [-0.25, -0.2) is 4.57 Å². The molecule has 0 aliphatic rings. The van der Waals surface area contributed by atoms with E-state index in [1.807, 2.05) is 21.1 Å². The third kappa shape index (κ3) is 31.0. The minimum atomic E-state index is -4.35. The lowest BCUT2D eigenvalue weighted by Crippen LogP contribution is -2.37. The summed E-state index contributed by atoms with van der Waals surface area (Å²) in [5.41, 5.74) is 0. The molecule has 0 radical (unpaired) electrons. The summed E-state index contributed by atoms with van der Waals surface area (Å²) in [6.45, 7) is 4.34. The predicted octanol–water partition coefficient (Wildman–Crippen LogP) is 8.90. The van der Waals surface area contributed by atoms with Gasteiger partial charge in [0.1, 0.15) is 19.8 Å². The van der Waals surface area contributed by atoms with Crippen molar-refractivity contribution >= 4 is 19.8 Å². The van der Waals surface area contributed by atoms with Gasteiger partial charge in [0.25, 0.3) is 0 Å². The van der Waals surface area contributed by atoms with Gasteiger partial charge >= 0.3 is 19.8 Å². The predicted molar refractivity (Wildman–Crippen MR) is 178 cm³/mol. The standard InChI is InChI=1S/C34H68NO8P/c1-6-8-10-12-14-15-16-17-18-19-20-21-23-24-26-33(36)40-30-32(43-34(37)27-25-22-13-11-9-7-2)31-42-44(38,39)41-29-28-35(3,4)5/h32H,6-31H2,1-5H3/p+1/t32-/m1/s1. The zero-order chi connectivity index (χ0) is 32.9. The Labute approximate surface area is 270 Å². The molecule has 1 N–H and O–H groups in total. The number of unbranched alkanes of at least 4 members (excludes halogenated alkanes) is 18. The van der Waals surface area contributed by atoms with Crippen molar-refractivity contribution in [3.63, 3.8) is 0 Å². The van der Waals surface area contributed by atoms with Gasteiger partial charge in [-0.15, -0.1) is 0 Å². The number of phosphoric ester groups is 1. The monoisotopic (exact) mass is 650 g/mol. The lowest BCUT2D eigenvalue weighted by molar-refractivity contribution is -0.870. The number of nitrogens with zero attached hydrogens (tertiary/aromatic N) is 1. The second kappa shape index (κ2) is 28.3. The molecule has 10 heteroatoms. The summed E-state index contributed by atoms with van der Waals surface area (Å²) in [5.74, 6) is -0.803. The molecule has 0 fully saturated rings. The minimum absolute atomic E-state index is 0.0357. The van der Waals surface area contributed by atoms with Crippen LogP contribution >= 0.6 is 7.82 Å². The summed E-state index contributed by atoms with van der Waals surface area (Å²) in [4.78, 5) is 34.8. The third-order valence-electron chi connectivity index (χ3n) is 7.64. The summed E-state index contributed by atoms with van der Waals surface area (Å²) in [6, 6.07) is 0. The highest BCUT2D eigenvalue weighted by molar-refractivity contribution is 7.47. The van der Waals surface area contributed by atoms with Crippen molar-refractivity contribution in [3.8, 4) is 0 Å². The van der Waals surface area contributed by atoms with E-state index >= 15 is 0 Å². The highest BCUT2D eigenvalue weighted by atomic mass is 31.2. The van der Waals surface area contributed by atoms with E-state index < -0.39 is 26.5 Å². The molecule has 0 aliphatic carbocycles. The number of rotatable bonds is 32. The Kier molecular flexibility index (Phi) is 27.6. The Bertz CT molecular complexity index is 743. The van der Waals surface area contributed by atoms with E-state index in [0.717, 1.165) is 44.9 Å². The van der Waals surface area contributed by atoms with E-state index in [2.05, 4.69) is 13.8 Å². The number of hydrogen-bond acceptors (Lipinski definition) is 7. The van der Waals surface area contributed by atoms with Crippen LogP contribution in [-0.2, 0) is 32.7 Å². The Balaban J connectivity index is 4.33. The molecule has 2 atom stereocenters. The zero-order valence-corrected chi connectivity index (χ0v) is 30.1. The van der Waals surface area contributed by atoms with Gasteiger partial charge in [-0.2, -0.15) is 0 Å². The van der Waals surface area contributed by atoms with Crippen molar-refractivity contribution in [3.05, 3.63) is 0 Å². The highest BCUT2D eigenvalue weighted by Gasteiger charge is 2.27. The number of likely N-dealkylation sites (N-methyl/N-ethyl adjacent to an activating group) is 1. The molecule has 0 bridgehead atoms. The zero-order valence-electron chi connectivity index (χ0n) is 29.2. The molecule has 0 heterocycles. The van der Waals surface area contributed by atoms with E-state index in [9.17, 15) is 19.0 Å². The molecule has 9 nitrogen and oxygen atoms in total. The molecule has 0 saturated carbocycles. The van der Waals surface area contributed by atoms with E-state index in [1.54, 1.807) is 0 Å². The van der Waals surface area contributed by atoms with Crippen LogP contribution in [0.3, 0.4) is 0 Å². The van der Waals surface area contributed by atoms with Crippen molar-refractivity contribution in [1.29, 1.82) is 0 Å². The molecule has 262 valence electrons. The fraction of sp³-hybridized carbons (Fsp3) is 0.941. The molecular formula is C34H69NO8P+. The van der Waals surface area contributed by atoms with Crippen molar-refractivity contribution in [2.75, 3.05) is 47.5 Å². The maximum absolute atomic E-state index is 12.4. The van der Waals surface area contributed by atoms with E-state index in [-0.39, 0.29) is 25.6 Å². The molecule has 0 spiro atoms. The largest absolute Gasteiger partial charge is 0.472 e. The van der Waals surface area contributed by atoms with Crippen molar-refractivity contribution < 1.29 is 42.1 Å². The normalized spacial score (nSPS) is 13.9. The summed E-state index contributed by atoms with van der Waals surface area (Å²) in [5, 5.41) is 0. The first-order chi connectivity index (χ1) is 21.0. The van der Waals surface area contributed by atoms with Crippen LogP contribution in [0.2, 0.25) is 0 Å². The number of ether oxygens (including phenoxy) is 2. The average molecular weight is 651 g/mol.